The summed E-state index contributed by atoms with van der Waals surface area (Å²) in [5.74, 6) is 0. The number of thioether (sulfide) groups is 1. The number of nitrogens with zero attached hydrogens (tertiary/aromatic N) is 2. The Balaban J connectivity index is 1.49. The van der Waals surface area contributed by atoms with Crippen LogP contribution in [-0.4, -0.2) is 4.57 Å². The van der Waals surface area contributed by atoms with E-state index in [1.165, 1.54) is 21.2 Å². The van der Waals surface area contributed by atoms with Gasteiger partial charge in [-0.1, -0.05) is 111 Å². The molecule has 4 aromatic carbocycles. The molecule has 45 heavy (non-hydrogen) atoms. The molecule has 3 heterocycles. The van der Waals surface area contributed by atoms with Gasteiger partial charge in [0.25, 0.3) is 0 Å². The number of hydrogen-bond acceptors (Lipinski definition) is 2. The normalized spacial score (nSPS) is 18.1. The second-order valence-electron chi connectivity index (χ2n) is 10.9. The average Bonchev–Trinajstić information content (AvgIpc) is 3.39. The van der Waals surface area contributed by atoms with Crippen LogP contribution >= 0.6 is 11.8 Å². The third-order valence-electron chi connectivity index (χ3n) is 8.27. The molecule has 1 aromatic heterocycles. The molecule has 0 saturated heterocycles. The second kappa shape index (κ2) is 11.9. The molecule has 0 spiro atoms. The van der Waals surface area contributed by atoms with E-state index < -0.39 is 0 Å². The van der Waals surface area contributed by atoms with Crippen molar-refractivity contribution in [3.05, 3.63) is 194 Å². The molecule has 2 nitrogen and oxygen atoms in total. The van der Waals surface area contributed by atoms with Crippen molar-refractivity contribution < 1.29 is 0 Å². The summed E-state index contributed by atoms with van der Waals surface area (Å²) >= 11 is 1.75. The third kappa shape index (κ3) is 4.98. The van der Waals surface area contributed by atoms with Gasteiger partial charge in [0.15, 0.2) is 0 Å². The Morgan fingerprint density at radius 3 is 2.38 bits per heavy atom. The SMILES string of the molecule is C=C/C=C(\C=C)N1/C=C\C(c2ccc3c(c2)c2c4c(ccc2n3-c2ccccc2)C(=C)/C=C\C=C/S4)=C/C(=C)c2ccccc21. The molecule has 2 aliphatic heterocycles. The van der Waals surface area contributed by atoms with Crippen molar-refractivity contribution in [1.82, 2.24) is 4.57 Å². The van der Waals surface area contributed by atoms with E-state index in [-0.39, 0.29) is 0 Å². The van der Waals surface area contributed by atoms with Gasteiger partial charge >= 0.3 is 0 Å². The van der Waals surface area contributed by atoms with E-state index >= 15 is 0 Å². The fourth-order valence-electron chi connectivity index (χ4n) is 6.18. The molecule has 7 rings (SSSR count). The predicted octanol–water partition coefficient (Wildman–Crippen LogP) is 11.7. The molecule has 0 N–H and O–H groups in total. The number of fused-ring (bicyclic) bond motifs is 6. The molecule has 0 amide bonds. The standard InChI is InChI=1S/C42H32N2S/c1-5-14-33(6-2)43-25-24-32(27-30(4)35-18-10-11-19-38(35)43)31-20-22-39-37(28-31)41-40(44(39)34-16-8-7-9-17-34)23-21-36-29(3)15-12-13-26-45-42(36)41/h5-28H,1-4H2/b15-12-,25-24-,26-13-,32-27+,33-14+. The monoisotopic (exact) mass is 596 g/mol. The minimum Gasteiger partial charge on any atom is -0.317 e. The number of para-hydroxylation sites is 2. The number of rotatable bonds is 5. The van der Waals surface area contributed by atoms with E-state index in [9.17, 15) is 0 Å². The summed E-state index contributed by atoms with van der Waals surface area (Å²) in [6.45, 7) is 16.9. The molecule has 0 fully saturated rings. The number of hydrogen-bond donors (Lipinski definition) is 0. The van der Waals surface area contributed by atoms with Crippen LogP contribution in [0.15, 0.2) is 182 Å². The van der Waals surface area contributed by atoms with Crippen molar-refractivity contribution in [1.29, 1.82) is 0 Å². The third-order valence-corrected chi connectivity index (χ3v) is 9.22. The highest BCUT2D eigenvalue weighted by atomic mass is 32.2. The van der Waals surface area contributed by atoms with Crippen molar-refractivity contribution in [2.45, 2.75) is 4.90 Å². The van der Waals surface area contributed by atoms with Crippen molar-refractivity contribution in [3.63, 3.8) is 0 Å². The lowest BCUT2D eigenvalue weighted by Gasteiger charge is -2.26. The number of anilines is 1. The molecule has 0 saturated carbocycles. The van der Waals surface area contributed by atoms with Gasteiger partial charge in [0.1, 0.15) is 0 Å². The van der Waals surface area contributed by atoms with Gasteiger partial charge in [0, 0.05) is 38.8 Å². The molecule has 5 aromatic rings. The summed E-state index contributed by atoms with van der Waals surface area (Å²) in [7, 11) is 0. The maximum Gasteiger partial charge on any atom is 0.0552 e. The zero-order chi connectivity index (χ0) is 30.9. The predicted molar refractivity (Wildman–Crippen MR) is 198 cm³/mol. The fourth-order valence-corrected chi connectivity index (χ4v) is 7.14. The van der Waals surface area contributed by atoms with E-state index in [1.807, 2.05) is 18.2 Å². The van der Waals surface area contributed by atoms with Gasteiger partial charge in [-0.2, -0.15) is 0 Å². The summed E-state index contributed by atoms with van der Waals surface area (Å²) in [6.07, 6.45) is 18.3. The first-order chi connectivity index (χ1) is 22.1. The van der Waals surface area contributed by atoms with Gasteiger partial charge < -0.3 is 9.47 Å². The number of benzene rings is 4. The van der Waals surface area contributed by atoms with Crippen LogP contribution in [0.2, 0.25) is 0 Å². The summed E-state index contributed by atoms with van der Waals surface area (Å²) in [6, 6.07) is 30.2. The Morgan fingerprint density at radius 2 is 1.56 bits per heavy atom. The summed E-state index contributed by atoms with van der Waals surface area (Å²) in [5, 5.41) is 4.57. The summed E-state index contributed by atoms with van der Waals surface area (Å²) < 4.78 is 2.37. The van der Waals surface area contributed by atoms with E-state index in [1.54, 1.807) is 17.8 Å². The first kappa shape index (κ1) is 28.3. The minimum absolute atomic E-state index is 0.933. The Bertz CT molecular complexity index is 2200. The number of aromatic nitrogens is 1. The van der Waals surface area contributed by atoms with Crippen LogP contribution in [0.3, 0.4) is 0 Å². The van der Waals surface area contributed by atoms with Crippen LogP contribution in [0, 0.1) is 0 Å². The zero-order valence-corrected chi connectivity index (χ0v) is 25.8. The molecular weight excluding hydrogens is 565 g/mol. The van der Waals surface area contributed by atoms with E-state index in [0.717, 1.165) is 56.0 Å². The van der Waals surface area contributed by atoms with Gasteiger partial charge in [0.05, 0.1) is 16.7 Å². The van der Waals surface area contributed by atoms with E-state index in [0.29, 0.717) is 0 Å². The molecular formula is C42H32N2S. The van der Waals surface area contributed by atoms with Gasteiger partial charge in [-0.15, -0.1) is 0 Å². The lowest BCUT2D eigenvalue weighted by atomic mass is 9.95. The zero-order valence-electron chi connectivity index (χ0n) is 25.0. The highest BCUT2D eigenvalue weighted by Gasteiger charge is 2.21. The van der Waals surface area contributed by atoms with Crippen molar-refractivity contribution in [2.75, 3.05) is 4.90 Å². The Kier molecular flexibility index (Phi) is 7.46. The largest absolute Gasteiger partial charge is 0.317 e. The van der Waals surface area contributed by atoms with Crippen LogP contribution in [0.25, 0.3) is 44.2 Å². The Morgan fingerprint density at radius 1 is 0.756 bits per heavy atom. The van der Waals surface area contributed by atoms with Crippen LogP contribution in [0.5, 0.6) is 0 Å². The molecule has 0 aliphatic carbocycles. The Hall–Kier alpha value is -5.51. The second-order valence-corrected chi connectivity index (χ2v) is 11.8. The van der Waals surface area contributed by atoms with Crippen LogP contribution in [-0.2, 0) is 0 Å². The molecule has 0 atom stereocenters. The first-order valence-electron chi connectivity index (χ1n) is 14.9. The van der Waals surface area contributed by atoms with Gasteiger partial charge in [0.2, 0.25) is 0 Å². The summed E-state index contributed by atoms with van der Waals surface area (Å²) in [5.41, 5.74) is 11.8. The topological polar surface area (TPSA) is 8.17 Å². The van der Waals surface area contributed by atoms with Crippen molar-refractivity contribution in [3.8, 4) is 5.69 Å². The number of allylic oxidation sites excluding steroid dienone is 11. The van der Waals surface area contributed by atoms with E-state index in [2.05, 4.69) is 157 Å². The highest BCUT2D eigenvalue weighted by molar-refractivity contribution is 8.02. The van der Waals surface area contributed by atoms with Gasteiger partial charge in [-0.25, -0.2) is 0 Å². The van der Waals surface area contributed by atoms with Crippen LogP contribution < -0.4 is 4.90 Å². The molecule has 0 unspecified atom stereocenters. The van der Waals surface area contributed by atoms with Crippen molar-refractivity contribution >= 4 is 56.0 Å². The lowest BCUT2D eigenvalue weighted by molar-refractivity contribution is 1.18. The van der Waals surface area contributed by atoms with Crippen LogP contribution in [0.4, 0.5) is 5.69 Å². The summed E-state index contributed by atoms with van der Waals surface area (Å²) in [4.78, 5) is 3.36. The average molecular weight is 597 g/mol. The van der Waals surface area contributed by atoms with Crippen LogP contribution in [0.1, 0.15) is 16.7 Å². The molecule has 216 valence electrons. The first-order valence-corrected chi connectivity index (χ1v) is 15.8. The van der Waals surface area contributed by atoms with Gasteiger partial charge in [-0.3, -0.25) is 0 Å². The maximum absolute atomic E-state index is 4.51. The smallest absolute Gasteiger partial charge is 0.0552 e. The minimum atomic E-state index is 0.933. The molecule has 0 bridgehead atoms. The molecule has 0 radical (unpaired) electrons. The van der Waals surface area contributed by atoms with Crippen molar-refractivity contribution in [2.24, 2.45) is 0 Å². The lowest BCUT2D eigenvalue weighted by Crippen LogP contribution is -2.16. The fraction of sp³-hybridized carbons (Fsp3) is 0. The maximum atomic E-state index is 4.51. The molecule has 2 aliphatic rings. The van der Waals surface area contributed by atoms with E-state index in [4.69, 9.17) is 0 Å². The van der Waals surface area contributed by atoms with Gasteiger partial charge in [-0.05, 0) is 94.0 Å². The highest BCUT2D eigenvalue weighted by Crippen LogP contribution is 2.44. The molecule has 3 heteroatoms. The Labute approximate surface area is 269 Å². The quantitative estimate of drug-likeness (QED) is 0.187.